The number of anilines is 1. The Morgan fingerprint density at radius 2 is 1.76 bits per heavy atom. The fraction of sp³-hybridized carbons (Fsp3) is 0.304. The molecular formula is C23H26N2O4. The first-order chi connectivity index (χ1) is 13.8. The Morgan fingerprint density at radius 1 is 1.07 bits per heavy atom. The maximum atomic E-state index is 12.1. The zero-order valence-corrected chi connectivity index (χ0v) is 17.2. The summed E-state index contributed by atoms with van der Waals surface area (Å²) in [6.07, 6.45) is 1.64. The number of carbonyl (C=O) groups is 2. The van der Waals surface area contributed by atoms with E-state index >= 15 is 0 Å². The van der Waals surface area contributed by atoms with Crippen molar-refractivity contribution in [1.29, 1.82) is 0 Å². The van der Waals surface area contributed by atoms with Crippen molar-refractivity contribution < 1.29 is 18.7 Å². The number of aryl methyl sites for hydroxylation is 2. The van der Waals surface area contributed by atoms with Crippen molar-refractivity contribution >= 4 is 28.5 Å². The molecule has 3 aromatic rings. The highest BCUT2D eigenvalue weighted by Gasteiger charge is 2.14. The van der Waals surface area contributed by atoms with E-state index in [1.54, 1.807) is 6.26 Å². The van der Waals surface area contributed by atoms with Gasteiger partial charge in [0.2, 0.25) is 0 Å². The minimum Gasteiger partial charge on any atom is -0.464 e. The zero-order valence-electron chi connectivity index (χ0n) is 17.2. The summed E-state index contributed by atoms with van der Waals surface area (Å²) in [5.41, 5.74) is 5.83. The second-order valence-electron chi connectivity index (χ2n) is 7.37. The Morgan fingerprint density at radius 3 is 2.45 bits per heavy atom. The van der Waals surface area contributed by atoms with E-state index in [2.05, 4.69) is 5.32 Å². The largest absolute Gasteiger partial charge is 0.464 e. The maximum Gasteiger partial charge on any atom is 0.310 e. The van der Waals surface area contributed by atoms with Crippen molar-refractivity contribution in [2.75, 3.05) is 25.6 Å². The van der Waals surface area contributed by atoms with Gasteiger partial charge in [-0.3, -0.25) is 9.59 Å². The average molecular weight is 394 g/mol. The fourth-order valence-electron chi connectivity index (χ4n) is 2.99. The predicted octanol–water partition coefficient (Wildman–Crippen LogP) is 3.52. The lowest BCUT2D eigenvalue weighted by Crippen LogP contribution is -2.28. The predicted molar refractivity (Wildman–Crippen MR) is 113 cm³/mol. The molecule has 1 heterocycles. The Labute approximate surface area is 170 Å². The summed E-state index contributed by atoms with van der Waals surface area (Å²) in [6, 6.07) is 11.8. The van der Waals surface area contributed by atoms with Crippen LogP contribution in [0.3, 0.4) is 0 Å². The number of nitrogens with one attached hydrogen (secondary N) is 1. The number of ether oxygens (including phenoxy) is 1. The number of hydrogen-bond donors (Lipinski definition) is 1. The summed E-state index contributed by atoms with van der Waals surface area (Å²) in [5, 5.41) is 3.66. The molecular weight excluding hydrogens is 368 g/mol. The third-order valence-corrected chi connectivity index (χ3v) is 4.91. The average Bonchev–Trinajstić information content (AvgIpc) is 3.06. The standard InChI is InChI=1S/C23H26N2O4/c1-15-9-20-18(13-28-21(20)10-16(15)2)11-23(27)29-14-22(26)24-12-17-5-7-19(8-6-17)25(3)4/h5-10,13H,11-12,14H2,1-4H3,(H,24,26). The second kappa shape index (κ2) is 8.82. The Hall–Kier alpha value is -3.28. The van der Waals surface area contributed by atoms with Crippen LogP contribution >= 0.6 is 0 Å². The van der Waals surface area contributed by atoms with Crippen molar-refractivity contribution in [3.63, 3.8) is 0 Å². The molecule has 0 saturated carbocycles. The van der Waals surface area contributed by atoms with E-state index < -0.39 is 5.97 Å². The van der Waals surface area contributed by atoms with Gasteiger partial charge < -0.3 is 19.4 Å². The van der Waals surface area contributed by atoms with Gasteiger partial charge in [-0.05, 0) is 54.8 Å². The Balaban J connectivity index is 1.48. The molecule has 0 saturated heterocycles. The van der Waals surface area contributed by atoms with Gasteiger partial charge in [0.15, 0.2) is 6.61 Å². The molecule has 0 atom stereocenters. The van der Waals surface area contributed by atoms with Crippen LogP contribution < -0.4 is 10.2 Å². The molecule has 29 heavy (non-hydrogen) atoms. The number of esters is 1. The number of fused-ring (bicyclic) bond motifs is 1. The normalized spacial score (nSPS) is 10.8. The van der Waals surface area contributed by atoms with Gasteiger partial charge in [0.05, 0.1) is 12.7 Å². The van der Waals surface area contributed by atoms with Crippen molar-refractivity contribution in [1.82, 2.24) is 5.32 Å². The molecule has 152 valence electrons. The third-order valence-electron chi connectivity index (χ3n) is 4.91. The van der Waals surface area contributed by atoms with E-state index in [1.165, 1.54) is 0 Å². The van der Waals surface area contributed by atoms with Gasteiger partial charge in [-0.15, -0.1) is 0 Å². The molecule has 1 amide bonds. The lowest BCUT2D eigenvalue weighted by molar-refractivity contribution is -0.147. The van der Waals surface area contributed by atoms with Crippen molar-refractivity contribution in [2.24, 2.45) is 0 Å². The van der Waals surface area contributed by atoms with E-state index in [0.717, 1.165) is 38.9 Å². The molecule has 0 aliphatic rings. The molecule has 2 aromatic carbocycles. The summed E-state index contributed by atoms with van der Waals surface area (Å²) in [5.74, 6) is -0.796. The first kappa shape index (κ1) is 20.5. The van der Waals surface area contributed by atoms with Gasteiger partial charge in [0.1, 0.15) is 5.58 Å². The lowest BCUT2D eigenvalue weighted by atomic mass is 10.0. The van der Waals surface area contributed by atoms with Gasteiger partial charge in [-0.25, -0.2) is 0 Å². The molecule has 0 spiro atoms. The molecule has 1 aromatic heterocycles. The summed E-state index contributed by atoms with van der Waals surface area (Å²) < 4.78 is 10.7. The molecule has 6 nitrogen and oxygen atoms in total. The Bertz CT molecular complexity index is 1020. The van der Waals surface area contributed by atoms with E-state index in [-0.39, 0.29) is 18.9 Å². The molecule has 0 aliphatic heterocycles. The van der Waals surface area contributed by atoms with Crippen LogP contribution in [0.5, 0.6) is 0 Å². The minimum absolute atomic E-state index is 0.0643. The lowest BCUT2D eigenvalue weighted by Gasteiger charge is -2.13. The van der Waals surface area contributed by atoms with Gasteiger partial charge >= 0.3 is 5.97 Å². The minimum atomic E-state index is -0.462. The van der Waals surface area contributed by atoms with Crippen LogP contribution in [0.4, 0.5) is 5.69 Å². The molecule has 0 fully saturated rings. The third kappa shape index (κ3) is 5.16. The highest BCUT2D eigenvalue weighted by atomic mass is 16.5. The van der Waals surface area contributed by atoms with Crippen LogP contribution in [0.2, 0.25) is 0 Å². The SMILES string of the molecule is Cc1cc2occ(CC(=O)OCC(=O)NCc3ccc(N(C)C)cc3)c2cc1C. The van der Waals surface area contributed by atoms with Crippen molar-refractivity contribution in [2.45, 2.75) is 26.8 Å². The molecule has 0 unspecified atom stereocenters. The van der Waals surface area contributed by atoms with Gasteiger partial charge in [0.25, 0.3) is 5.91 Å². The van der Waals surface area contributed by atoms with Crippen LogP contribution in [0.25, 0.3) is 11.0 Å². The van der Waals surface area contributed by atoms with Crippen molar-refractivity contribution in [3.8, 4) is 0 Å². The first-order valence-corrected chi connectivity index (χ1v) is 9.49. The van der Waals surface area contributed by atoms with E-state index in [9.17, 15) is 9.59 Å². The molecule has 6 heteroatoms. The topological polar surface area (TPSA) is 71.8 Å². The van der Waals surface area contributed by atoms with Crippen molar-refractivity contribution in [3.05, 3.63) is 64.9 Å². The number of amides is 1. The quantitative estimate of drug-likeness (QED) is 0.621. The molecule has 0 bridgehead atoms. The zero-order chi connectivity index (χ0) is 21.0. The van der Waals surface area contributed by atoms with Crippen LogP contribution in [0.15, 0.2) is 47.1 Å². The monoisotopic (exact) mass is 394 g/mol. The number of benzene rings is 2. The number of carbonyl (C=O) groups excluding carboxylic acids is 2. The van der Waals surface area contributed by atoms with E-state index in [0.29, 0.717) is 6.54 Å². The molecule has 3 rings (SSSR count). The number of nitrogens with zero attached hydrogens (tertiary/aromatic N) is 1. The van der Waals surface area contributed by atoms with Crippen LogP contribution in [0, 0.1) is 13.8 Å². The summed E-state index contributed by atoms with van der Waals surface area (Å²) in [6.45, 7) is 4.11. The molecule has 0 aliphatic carbocycles. The molecule has 0 radical (unpaired) electrons. The van der Waals surface area contributed by atoms with E-state index in [1.807, 2.05) is 69.2 Å². The van der Waals surface area contributed by atoms with Gasteiger partial charge in [-0.1, -0.05) is 12.1 Å². The Kier molecular flexibility index (Phi) is 6.22. The van der Waals surface area contributed by atoms with Crippen LogP contribution in [-0.4, -0.2) is 32.6 Å². The summed E-state index contributed by atoms with van der Waals surface area (Å²) >= 11 is 0. The van der Waals surface area contributed by atoms with E-state index in [4.69, 9.17) is 9.15 Å². The summed E-state index contributed by atoms with van der Waals surface area (Å²) in [7, 11) is 3.94. The van der Waals surface area contributed by atoms with Crippen LogP contribution in [-0.2, 0) is 27.3 Å². The molecule has 1 N–H and O–H groups in total. The first-order valence-electron chi connectivity index (χ1n) is 9.49. The smallest absolute Gasteiger partial charge is 0.310 e. The highest BCUT2D eigenvalue weighted by molar-refractivity contribution is 5.87. The number of furan rings is 1. The number of hydrogen-bond acceptors (Lipinski definition) is 5. The van der Waals surface area contributed by atoms with Gasteiger partial charge in [-0.2, -0.15) is 0 Å². The fourth-order valence-corrected chi connectivity index (χ4v) is 2.99. The second-order valence-corrected chi connectivity index (χ2v) is 7.37. The van der Waals surface area contributed by atoms with Gasteiger partial charge in [0, 0.05) is 37.3 Å². The summed E-state index contributed by atoms with van der Waals surface area (Å²) in [4.78, 5) is 26.1. The highest BCUT2D eigenvalue weighted by Crippen LogP contribution is 2.25. The maximum absolute atomic E-state index is 12.1. The number of rotatable bonds is 7. The van der Waals surface area contributed by atoms with Crippen LogP contribution in [0.1, 0.15) is 22.3 Å².